The average Bonchev–Trinajstić information content (AvgIpc) is 2.78. The minimum absolute atomic E-state index is 0.0832. The van der Waals surface area contributed by atoms with Gasteiger partial charge in [-0.05, 0) is 19.3 Å². The van der Waals surface area contributed by atoms with Gasteiger partial charge in [0.2, 0.25) is 11.8 Å². The van der Waals surface area contributed by atoms with Gasteiger partial charge in [0, 0.05) is 26.6 Å². The summed E-state index contributed by atoms with van der Waals surface area (Å²) in [5.41, 5.74) is 0. The number of nitrogens with one attached hydrogen (secondary N) is 1. The number of carbonyl (C=O) groups excluding carboxylic acids is 2. The SMILES string of the molecule is CN1C(=O)CCC(NCC2CCCO2)C1=O. The van der Waals surface area contributed by atoms with Crippen molar-refractivity contribution in [2.24, 2.45) is 0 Å². The fourth-order valence-electron chi connectivity index (χ4n) is 2.18. The van der Waals surface area contributed by atoms with Crippen LogP contribution in [0.1, 0.15) is 25.7 Å². The summed E-state index contributed by atoms with van der Waals surface area (Å²) in [4.78, 5) is 24.2. The molecule has 0 aromatic carbocycles. The zero-order valence-corrected chi connectivity index (χ0v) is 9.57. The van der Waals surface area contributed by atoms with Crippen LogP contribution in [-0.2, 0) is 14.3 Å². The van der Waals surface area contributed by atoms with E-state index in [1.54, 1.807) is 7.05 Å². The van der Waals surface area contributed by atoms with Gasteiger partial charge in [-0.1, -0.05) is 0 Å². The molecular weight excluding hydrogens is 208 g/mol. The number of imide groups is 1. The van der Waals surface area contributed by atoms with Gasteiger partial charge >= 0.3 is 0 Å². The summed E-state index contributed by atoms with van der Waals surface area (Å²) in [5.74, 6) is -0.200. The van der Waals surface area contributed by atoms with Crippen LogP contribution in [-0.4, -0.2) is 49.1 Å². The zero-order valence-electron chi connectivity index (χ0n) is 9.57. The number of nitrogens with zero attached hydrogens (tertiary/aromatic N) is 1. The molecule has 90 valence electrons. The summed E-state index contributed by atoms with van der Waals surface area (Å²) < 4.78 is 5.47. The molecule has 0 aromatic rings. The predicted octanol–water partition coefficient (Wildman–Crippen LogP) is -0.0976. The first-order chi connectivity index (χ1) is 7.68. The third kappa shape index (κ3) is 2.41. The normalized spacial score (nSPS) is 31.2. The van der Waals surface area contributed by atoms with Gasteiger partial charge in [0.25, 0.3) is 0 Å². The number of hydrogen-bond donors (Lipinski definition) is 1. The molecule has 2 heterocycles. The molecule has 2 aliphatic heterocycles. The standard InChI is InChI=1S/C11H18N2O3/c1-13-10(14)5-4-9(11(13)15)12-7-8-3-2-6-16-8/h8-9,12H,2-7H2,1H3. The van der Waals surface area contributed by atoms with E-state index in [4.69, 9.17) is 4.74 Å². The van der Waals surface area contributed by atoms with Crippen molar-refractivity contribution in [2.75, 3.05) is 20.2 Å². The third-order valence-electron chi connectivity index (χ3n) is 3.27. The van der Waals surface area contributed by atoms with Crippen molar-refractivity contribution in [3.05, 3.63) is 0 Å². The molecular formula is C11H18N2O3. The smallest absolute Gasteiger partial charge is 0.246 e. The lowest BCUT2D eigenvalue weighted by atomic mass is 10.0. The minimum atomic E-state index is -0.216. The van der Waals surface area contributed by atoms with Gasteiger partial charge in [0.1, 0.15) is 0 Å². The lowest BCUT2D eigenvalue weighted by Gasteiger charge is -2.28. The van der Waals surface area contributed by atoms with Crippen LogP contribution in [0.15, 0.2) is 0 Å². The van der Waals surface area contributed by atoms with E-state index in [0.717, 1.165) is 19.4 Å². The zero-order chi connectivity index (χ0) is 11.5. The van der Waals surface area contributed by atoms with Gasteiger partial charge in [-0.3, -0.25) is 14.5 Å². The Balaban J connectivity index is 1.80. The number of ether oxygens (including phenoxy) is 1. The van der Waals surface area contributed by atoms with Crippen LogP contribution < -0.4 is 5.32 Å². The molecule has 2 aliphatic rings. The van der Waals surface area contributed by atoms with Gasteiger partial charge in [-0.2, -0.15) is 0 Å². The molecule has 2 fully saturated rings. The molecule has 16 heavy (non-hydrogen) atoms. The molecule has 0 radical (unpaired) electrons. The summed E-state index contributed by atoms with van der Waals surface area (Å²) >= 11 is 0. The second-order valence-electron chi connectivity index (χ2n) is 4.43. The lowest BCUT2D eigenvalue weighted by Crippen LogP contribution is -2.52. The van der Waals surface area contributed by atoms with Crippen LogP contribution >= 0.6 is 0 Å². The van der Waals surface area contributed by atoms with Gasteiger partial charge in [0.05, 0.1) is 12.1 Å². The van der Waals surface area contributed by atoms with Crippen molar-refractivity contribution in [3.8, 4) is 0 Å². The topological polar surface area (TPSA) is 58.6 Å². The van der Waals surface area contributed by atoms with Crippen LogP contribution in [0, 0.1) is 0 Å². The van der Waals surface area contributed by atoms with Crippen molar-refractivity contribution in [1.82, 2.24) is 10.2 Å². The molecule has 5 nitrogen and oxygen atoms in total. The highest BCUT2D eigenvalue weighted by Gasteiger charge is 2.31. The molecule has 1 N–H and O–H groups in total. The predicted molar refractivity (Wildman–Crippen MR) is 57.8 cm³/mol. The molecule has 5 heteroatoms. The Hall–Kier alpha value is -0.940. The van der Waals surface area contributed by atoms with Crippen LogP contribution in [0.25, 0.3) is 0 Å². The number of piperidine rings is 1. The highest BCUT2D eigenvalue weighted by Crippen LogP contribution is 2.14. The van der Waals surface area contributed by atoms with Crippen molar-refractivity contribution >= 4 is 11.8 Å². The summed E-state index contributed by atoms with van der Waals surface area (Å²) in [6.45, 7) is 1.53. The molecule has 2 unspecified atom stereocenters. The van der Waals surface area contributed by atoms with Crippen molar-refractivity contribution in [2.45, 2.75) is 37.8 Å². The molecule has 0 spiro atoms. The first kappa shape index (κ1) is 11.5. The van der Waals surface area contributed by atoms with E-state index in [1.807, 2.05) is 0 Å². The average molecular weight is 226 g/mol. The Bertz CT molecular complexity index is 287. The van der Waals surface area contributed by atoms with E-state index in [2.05, 4.69) is 5.32 Å². The van der Waals surface area contributed by atoms with Crippen LogP contribution in [0.3, 0.4) is 0 Å². The van der Waals surface area contributed by atoms with Gasteiger partial charge in [-0.25, -0.2) is 0 Å². The maximum Gasteiger partial charge on any atom is 0.246 e. The summed E-state index contributed by atoms with van der Waals surface area (Å²) in [6.07, 6.45) is 3.45. The van der Waals surface area contributed by atoms with E-state index >= 15 is 0 Å². The second-order valence-corrected chi connectivity index (χ2v) is 4.43. The van der Waals surface area contributed by atoms with E-state index in [1.165, 1.54) is 4.90 Å². The van der Waals surface area contributed by atoms with E-state index in [9.17, 15) is 9.59 Å². The Morgan fingerprint density at radius 1 is 1.44 bits per heavy atom. The van der Waals surface area contributed by atoms with Crippen LogP contribution in [0.5, 0.6) is 0 Å². The maximum atomic E-state index is 11.7. The largest absolute Gasteiger partial charge is 0.377 e. The van der Waals surface area contributed by atoms with Crippen molar-refractivity contribution in [3.63, 3.8) is 0 Å². The highest BCUT2D eigenvalue weighted by atomic mass is 16.5. The fraction of sp³-hybridized carbons (Fsp3) is 0.818. The Kier molecular flexibility index (Phi) is 3.56. The monoisotopic (exact) mass is 226 g/mol. The van der Waals surface area contributed by atoms with E-state index < -0.39 is 0 Å². The van der Waals surface area contributed by atoms with Crippen LogP contribution in [0.2, 0.25) is 0 Å². The van der Waals surface area contributed by atoms with E-state index in [-0.39, 0.29) is 24.0 Å². The van der Waals surface area contributed by atoms with Gasteiger partial charge < -0.3 is 10.1 Å². The number of carbonyl (C=O) groups is 2. The van der Waals surface area contributed by atoms with Crippen molar-refractivity contribution < 1.29 is 14.3 Å². The quantitative estimate of drug-likeness (QED) is 0.683. The number of rotatable bonds is 3. The molecule has 0 aromatic heterocycles. The highest BCUT2D eigenvalue weighted by molar-refractivity contribution is 6.00. The number of amides is 2. The molecule has 2 atom stereocenters. The summed E-state index contributed by atoms with van der Waals surface area (Å²) in [7, 11) is 1.55. The molecule has 2 amide bonds. The first-order valence-electron chi connectivity index (χ1n) is 5.84. The Morgan fingerprint density at radius 3 is 2.94 bits per heavy atom. The fourth-order valence-corrected chi connectivity index (χ4v) is 2.18. The van der Waals surface area contributed by atoms with Gasteiger partial charge in [0.15, 0.2) is 0 Å². The summed E-state index contributed by atoms with van der Waals surface area (Å²) in [6, 6.07) is -0.216. The summed E-state index contributed by atoms with van der Waals surface area (Å²) in [5, 5.41) is 3.20. The van der Waals surface area contributed by atoms with E-state index in [0.29, 0.717) is 19.4 Å². The number of likely N-dealkylation sites (tertiary alicyclic amines) is 1. The Labute approximate surface area is 95.1 Å². The lowest BCUT2D eigenvalue weighted by molar-refractivity contribution is -0.148. The number of hydrogen-bond acceptors (Lipinski definition) is 4. The van der Waals surface area contributed by atoms with Gasteiger partial charge in [-0.15, -0.1) is 0 Å². The maximum absolute atomic E-state index is 11.7. The third-order valence-corrected chi connectivity index (χ3v) is 3.27. The van der Waals surface area contributed by atoms with Crippen molar-refractivity contribution in [1.29, 1.82) is 0 Å². The molecule has 0 aliphatic carbocycles. The molecule has 0 saturated carbocycles. The minimum Gasteiger partial charge on any atom is -0.377 e. The number of likely N-dealkylation sites (N-methyl/N-ethyl adjacent to an activating group) is 1. The Morgan fingerprint density at radius 2 is 2.25 bits per heavy atom. The second kappa shape index (κ2) is 4.93. The molecule has 2 saturated heterocycles. The molecule has 0 bridgehead atoms. The van der Waals surface area contributed by atoms with Crippen LogP contribution in [0.4, 0.5) is 0 Å². The first-order valence-corrected chi connectivity index (χ1v) is 5.84. The molecule has 2 rings (SSSR count).